The summed E-state index contributed by atoms with van der Waals surface area (Å²) in [5.41, 5.74) is 2.30. The summed E-state index contributed by atoms with van der Waals surface area (Å²) < 4.78 is 0. The standard InChI is InChI=1S/C16H22N4/c1-4-17-13(2)14-8-10-19-16(11-14)20(3)12-15-7-5-6-9-18-15/h5-11,13,17H,4,12H2,1-3H3. The van der Waals surface area contributed by atoms with Crippen molar-refractivity contribution in [2.45, 2.75) is 26.4 Å². The fourth-order valence-electron chi connectivity index (χ4n) is 2.15. The minimum absolute atomic E-state index is 0.338. The zero-order chi connectivity index (χ0) is 14.4. The van der Waals surface area contributed by atoms with Gasteiger partial charge in [0.2, 0.25) is 0 Å². The average molecular weight is 270 g/mol. The van der Waals surface area contributed by atoms with Crippen molar-refractivity contribution in [2.75, 3.05) is 18.5 Å². The molecule has 2 rings (SSSR count). The minimum Gasteiger partial charge on any atom is -0.354 e. The van der Waals surface area contributed by atoms with Gasteiger partial charge in [0.15, 0.2) is 0 Å². The average Bonchev–Trinajstić information content (AvgIpc) is 2.48. The molecular formula is C16H22N4. The van der Waals surface area contributed by atoms with E-state index in [0.717, 1.165) is 24.6 Å². The molecule has 0 aliphatic carbocycles. The molecule has 1 N–H and O–H groups in total. The molecule has 0 aliphatic heterocycles. The molecule has 0 aromatic carbocycles. The second-order valence-corrected chi connectivity index (χ2v) is 4.90. The summed E-state index contributed by atoms with van der Waals surface area (Å²) in [7, 11) is 2.04. The van der Waals surface area contributed by atoms with Gasteiger partial charge in [0.05, 0.1) is 12.2 Å². The lowest BCUT2D eigenvalue weighted by Gasteiger charge is -2.20. The maximum absolute atomic E-state index is 4.45. The van der Waals surface area contributed by atoms with E-state index in [-0.39, 0.29) is 0 Å². The fraction of sp³-hybridized carbons (Fsp3) is 0.375. The molecule has 0 bridgehead atoms. The van der Waals surface area contributed by atoms with Gasteiger partial charge < -0.3 is 10.2 Å². The first-order valence-corrected chi connectivity index (χ1v) is 7.01. The molecular weight excluding hydrogens is 248 g/mol. The van der Waals surface area contributed by atoms with Crippen LogP contribution in [0.4, 0.5) is 5.82 Å². The van der Waals surface area contributed by atoms with Gasteiger partial charge in [-0.25, -0.2) is 4.98 Å². The van der Waals surface area contributed by atoms with Gasteiger partial charge >= 0.3 is 0 Å². The van der Waals surface area contributed by atoms with Crippen LogP contribution in [-0.4, -0.2) is 23.6 Å². The lowest BCUT2D eigenvalue weighted by molar-refractivity contribution is 0.597. The lowest BCUT2D eigenvalue weighted by Crippen LogP contribution is -2.21. The number of aromatic nitrogens is 2. The number of nitrogens with one attached hydrogen (secondary N) is 1. The molecule has 0 saturated heterocycles. The molecule has 0 saturated carbocycles. The number of hydrogen-bond acceptors (Lipinski definition) is 4. The minimum atomic E-state index is 0.338. The van der Waals surface area contributed by atoms with Gasteiger partial charge in [0.1, 0.15) is 5.82 Å². The van der Waals surface area contributed by atoms with Gasteiger partial charge in [0.25, 0.3) is 0 Å². The van der Waals surface area contributed by atoms with E-state index < -0.39 is 0 Å². The highest BCUT2D eigenvalue weighted by Gasteiger charge is 2.08. The van der Waals surface area contributed by atoms with E-state index in [0.29, 0.717) is 6.04 Å². The number of hydrogen-bond donors (Lipinski definition) is 1. The van der Waals surface area contributed by atoms with E-state index in [4.69, 9.17) is 0 Å². The van der Waals surface area contributed by atoms with Crippen LogP contribution in [0.15, 0.2) is 42.7 Å². The van der Waals surface area contributed by atoms with Crippen LogP contribution in [0.25, 0.3) is 0 Å². The normalized spacial score (nSPS) is 12.2. The molecule has 4 heteroatoms. The molecule has 1 unspecified atom stereocenters. The maximum Gasteiger partial charge on any atom is 0.128 e. The Balaban J connectivity index is 2.10. The third-order valence-corrected chi connectivity index (χ3v) is 3.30. The van der Waals surface area contributed by atoms with Gasteiger partial charge in [-0.2, -0.15) is 0 Å². The van der Waals surface area contributed by atoms with Crippen molar-refractivity contribution in [3.8, 4) is 0 Å². The van der Waals surface area contributed by atoms with Crippen molar-refractivity contribution in [3.63, 3.8) is 0 Å². The van der Waals surface area contributed by atoms with Crippen LogP contribution in [0.3, 0.4) is 0 Å². The number of pyridine rings is 2. The molecule has 1 atom stereocenters. The van der Waals surface area contributed by atoms with Crippen LogP contribution in [0.2, 0.25) is 0 Å². The molecule has 0 radical (unpaired) electrons. The fourth-order valence-corrected chi connectivity index (χ4v) is 2.15. The number of rotatable bonds is 6. The first-order valence-electron chi connectivity index (χ1n) is 7.01. The Labute approximate surface area is 120 Å². The first-order chi connectivity index (χ1) is 9.70. The summed E-state index contributed by atoms with van der Waals surface area (Å²) in [5, 5.41) is 3.42. The summed E-state index contributed by atoms with van der Waals surface area (Å²) >= 11 is 0. The molecule has 20 heavy (non-hydrogen) atoms. The molecule has 4 nitrogen and oxygen atoms in total. The van der Waals surface area contributed by atoms with Gasteiger partial charge in [-0.1, -0.05) is 13.0 Å². The predicted molar refractivity (Wildman–Crippen MR) is 82.7 cm³/mol. The molecule has 2 aromatic rings. The summed E-state index contributed by atoms with van der Waals surface area (Å²) in [4.78, 5) is 10.9. The highest BCUT2D eigenvalue weighted by Crippen LogP contribution is 2.18. The first kappa shape index (κ1) is 14.5. The van der Waals surface area contributed by atoms with Crippen LogP contribution in [0.1, 0.15) is 31.1 Å². The Morgan fingerprint density at radius 1 is 1.20 bits per heavy atom. The van der Waals surface area contributed by atoms with Crippen molar-refractivity contribution < 1.29 is 0 Å². The molecule has 0 amide bonds. The van der Waals surface area contributed by atoms with Crippen LogP contribution < -0.4 is 10.2 Å². The van der Waals surface area contributed by atoms with E-state index in [2.05, 4.69) is 46.2 Å². The van der Waals surface area contributed by atoms with Crippen molar-refractivity contribution in [1.29, 1.82) is 0 Å². The Kier molecular flexibility index (Phi) is 5.07. The highest BCUT2D eigenvalue weighted by atomic mass is 15.2. The third kappa shape index (κ3) is 3.78. The van der Waals surface area contributed by atoms with Gasteiger partial charge in [-0.3, -0.25) is 4.98 Å². The second kappa shape index (κ2) is 7.01. The Morgan fingerprint density at radius 3 is 2.75 bits per heavy atom. The van der Waals surface area contributed by atoms with Crippen LogP contribution in [0, 0.1) is 0 Å². The lowest BCUT2D eigenvalue weighted by atomic mass is 10.1. The molecule has 2 aromatic heterocycles. The van der Waals surface area contributed by atoms with Gasteiger partial charge in [-0.15, -0.1) is 0 Å². The van der Waals surface area contributed by atoms with Crippen molar-refractivity contribution in [2.24, 2.45) is 0 Å². The number of anilines is 1. The van der Waals surface area contributed by atoms with Crippen molar-refractivity contribution in [3.05, 3.63) is 54.0 Å². The van der Waals surface area contributed by atoms with E-state index >= 15 is 0 Å². The number of nitrogens with zero attached hydrogens (tertiary/aromatic N) is 3. The third-order valence-electron chi connectivity index (χ3n) is 3.30. The summed E-state index contributed by atoms with van der Waals surface area (Å²) in [5.74, 6) is 0.970. The van der Waals surface area contributed by atoms with Crippen LogP contribution in [0.5, 0.6) is 0 Å². The van der Waals surface area contributed by atoms with E-state index in [9.17, 15) is 0 Å². The van der Waals surface area contributed by atoms with Crippen molar-refractivity contribution in [1.82, 2.24) is 15.3 Å². The predicted octanol–water partition coefficient (Wildman–Crippen LogP) is 2.78. The van der Waals surface area contributed by atoms with Crippen LogP contribution in [-0.2, 0) is 6.54 Å². The van der Waals surface area contributed by atoms with Gasteiger partial charge in [0, 0.05) is 25.5 Å². The highest BCUT2D eigenvalue weighted by molar-refractivity contribution is 5.41. The van der Waals surface area contributed by atoms with Crippen LogP contribution >= 0.6 is 0 Å². The monoisotopic (exact) mass is 270 g/mol. The van der Waals surface area contributed by atoms with Gasteiger partial charge in [-0.05, 0) is 43.3 Å². The molecule has 0 aliphatic rings. The smallest absolute Gasteiger partial charge is 0.128 e. The largest absolute Gasteiger partial charge is 0.354 e. The Hall–Kier alpha value is -1.94. The maximum atomic E-state index is 4.45. The summed E-state index contributed by atoms with van der Waals surface area (Å²) in [6.07, 6.45) is 3.69. The topological polar surface area (TPSA) is 41.1 Å². The summed E-state index contributed by atoms with van der Waals surface area (Å²) in [6, 6.07) is 10.5. The molecule has 2 heterocycles. The summed E-state index contributed by atoms with van der Waals surface area (Å²) in [6.45, 7) is 6.00. The SMILES string of the molecule is CCNC(C)c1ccnc(N(C)Cc2ccccn2)c1. The Bertz CT molecular complexity index is 527. The molecule has 0 spiro atoms. The van der Waals surface area contributed by atoms with E-state index in [1.165, 1.54) is 5.56 Å². The quantitative estimate of drug-likeness (QED) is 0.876. The second-order valence-electron chi connectivity index (χ2n) is 4.90. The van der Waals surface area contributed by atoms with Crippen molar-refractivity contribution >= 4 is 5.82 Å². The molecule has 0 fully saturated rings. The molecule has 106 valence electrons. The zero-order valence-corrected chi connectivity index (χ0v) is 12.4. The van der Waals surface area contributed by atoms with E-state index in [1.807, 2.05) is 37.6 Å². The van der Waals surface area contributed by atoms with E-state index in [1.54, 1.807) is 0 Å². The Morgan fingerprint density at radius 2 is 2.05 bits per heavy atom. The zero-order valence-electron chi connectivity index (χ0n) is 12.4.